The highest BCUT2D eigenvalue weighted by molar-refractivity contribution is 5.82. The molecule has 2 amide bonds. The number of amides is 2. The van der Waals surface area contributed by atoms with Crippen molar-refractivity contribution in [3.63, 3.8) is 0 Å². The summed E-state index contributed by atoms with van der Waals surface area (Å²) in [7, 11) is 1.53. The molecule has 0 aliphatic rings. The first kappa shape index (κ1) is 18.9. The number of nitrogens with two attached hydrogens (primary N) is 2. The van der Waals surface area contributed by atoms with Gasteiger partial charge in [-0.25, -0.2) is 9.59 Å². The van der Waals surface area contributed by atoms with E-state index in [1.54, 1.807) is 24.3 Å². The quantitative estimate of drug-likeness (QED) is 0.239. The SMILES string of the molecule is COc1ccc(N=NC(=O)N[C@H](CCCN=C(N)N)C(=O)O)cc1. The molecular formula is C14H20N6O4. The van der Waals surface area contributed by atoms with Crippen LogP contribution >= 0.6 is 0 Å². The second-order valence-electron chi connectivity index (χ2n) is 4.69. The number of urea groups is 1. The predicted molar refractivity (Wildman–Crippen MR) is 87.4 cm³/mol. The third-order valence-corrected chi connectivity index (χ3v) is 2.87. The van der Waals surface area contributed by atoms with Gasteiger partial charge in [-0.2, -0.15) is 0 Å². The van der Waals surface area contributed by atoms with Gasteiger partial charge in [-0.3, -0.25) is 4.99 Å². The molecule has 0 aliphatic heterocycles. The summed E-state index contributed by atoms with van der Waals surface area (Å²) in [6.45, 7) is 0.273. The van der Waals surface area contributed by atoms with Gasteiger partial charge in [0.05, 0.1) is 12.8 Å². The molecule has 6 N–H and O–H groups in total. The van der Waals surface area contributed by atoms with Crippen molar-refractivity contribution in [1.82, 2.24) is 5.32 Å². The number of methoxy groups -OCH3 is 1. The summed E-state index contributed by atoms with van der Waals surface area (Å²) in [5.74, 6) is -0.600. The molecule has 130 valence electrons. The Morgan fingerprint density at radius 3 is 2.50 bits per heavy atom. The summed E-state index contributed by atoms with van der Waals surface area (Å²) in [5, 5.41) is 18.5. The molecule has 10 nitrogen and oxygen atoms in total. The predicted octanol–water partition coefficient (Wildman–Crippen LogP) is 0.995. The van der Waals surface area contributed by atoms with E-state index in [9.17, 15) is 9.59 Å². The Bertz CT molecular complexity index is 610. The van der Waals surface area contributed by atoms with Gasteiger partial charge in [0.1, 0.15) is 11.8 Å². The first-order valence-electron chi connectivity index (χ1n) is 7.07. The maximum atomic E-state index is 11.7. The number of carboxylic acids is 1. The van der Waals surface area contributed by atoms with Crippen molar-refractivity contribution in [3.05, 3.63) is 24.3 Å². The highest BCUT2D eigenvalue weighted by Gasteiger charge is 2.19. The van der Waals surface area contributed by atoms with Gasteiger partial charge in [0, 0.05) is 6.54 Å². The molecule has 1 atom stereocenters. The molecule has 0 heterocycles. The lowest BCUT2D eigenvalue weighted by molar-refractivity contribution is -0.139. The van der Waals surface area contributed by atoms with E-state index >= 15 is 0 Å². The lowest BCUT2D eigenvalue weighted by Gasteiger charge is -2.11. The molecule has 24 heavy (non-hydrogen) atoms. The van der Waals surface area contributed by atoms with Crippen LogP contribution in [0.3, 0.4) is 0 Å². The van der Waals surface area contributed by atoms with Gasteiger partial charge in [-0.1, -0.05) is 5.11 Å². The third kappa shape index (κ3) is 7.20. The van der Waals surface area contributed by atoms with E-state index in [0.29, 0.717) is 17.9 Å². The molecule has 0 saturated heterocycles. The van der Waals surface area contributed by atoms with E-state index < -0.39 is 18.0 Å². The molecule has 0 saturated carbocycles. The molecule has 0 aromatic heterocycles. The van der Waals surface area contributed by atoms with Crippen LogP contribution in [0.4, 0.5) is 10.5 Å². The van der Waals surface area contributed by atoms with Crippen molar-refractivity contribution >= 4 is 23.6 Å². The van der Waals surface area contributed by atoms with Gasteiger partial charge in [0.25, 0.3) is 0 Å². The summed E-state index contributed by atoms with van der Waals surface area (Å²) < 4.78 is 4.99. The minimum atomic E-state index is -1.17. The highest BCUT2D eigenvalue weighted by atomic mass is 16.5. The Balaban J connectivity index is 2.53. The summed E-state index contributed by atoms with van der Waals surface area (Å²) in [5.41, 5.74) is 10.8. The first-order chi connectivity index (χ1) is 11.4. The average Bonchev–Trinajstić information content (AvgIpc) is 2.55. The van der Waals surface area contributed by atoms with Crippen molar-refractivity contribution in [2.75, 3.05) is 13.7 Å². The van der Waals surface area contributed by atoms with E-state index in [4.69, 9.17) is 21.3 Å². The van der Waals surface area contributed by atoms with Crippen LogP contribution in [-0.4, -0.2) is 42.8 Å². The Kier molecular flexibility index (Phi) is 7.68. The van der Waals surface area contributed by atoms with E-state index in [-0.39, 0.29) is 18.9 Å². The smallest absolute Gasteiger partial charge is 0.360 e. The minimum absolute atomic E-state index is 0.0702. The molecule has 1 aromatic carbocycles. The van der Waals surface area contributed by atoms with Crippen molar-refractivity contribution in [2.45, 2.75) is 18.9 Å². The maximum absolute atomic E-state index is 11.7. The van der Waals surface area contributed by atoms with E-state index in [2.05, 4.69) is 20.5 Å². The second-order valence-corrected chi connectivity index (χ2v) is 4.69. The molecule has 10 heteroatoms. The number of carbonyl (C=O) groups is 2. The topological polar surface area (TPSA) is 165 Å². The molecule has 0 fully saturated rings. The minimum Gasteiger partial charge on any atom is -0.497 e. The number of nitrogens with one attached hydrogen (secondary N) is 1. The number of guanidine groups is 1. The van der Waals surface area contributed by atoms with Gasteiger partial charge in [-0.15, -0.1) is 5.11 Å². The number of nitrogens with zero attached hydrogens (tertiary/aromatic N) is 3. The molecule has 1 aromatic rings. The van der Waals surface area contributed by atoms with Gasteiger partial charge in [0.15, 0.2) is 5.96 Å². The number of aliphatic carboxylic acids is 1. The van der Waals surface area contributed by atoms with Crippen LogP contribution in [0.15, 0.2) is 39.5 Å². The fourth-order valence-electron chi connectivity index (χ4n) is 1.69. The zero-order valence-corrected chi connectivity index (χ0v) is 13.2. The van der Waals surface area contributed by atoms with E-state index in [0.717, 1.165) is 0 Å². The summed E-state index contributed by atoms with van der Waals surface area (Å²) in [6, 6.07) is 4.60. The van der Waals surface area contributed by atoms with E-state index in [1.165, 1.54) is 7.11 Å². The van der Waals surface area contributed by atoms with Gasteiger partial charge in [-0.05, 0) is 37.1 Å². The lowest BCUT2D eigenvalue weighted by atomic mass is 10.1. The Morgan fingerprint density at radius 1 is 1.29 bits per heavy atom. The summed E-state index contributed by atoms with van der Waals surface area (Å²) in [4.78, 5) is 26.5. The standard InChI is InChI=1S/C14H20N6O4/c1-24-10-6-4-9(5-7-10)19-20-14(23)18-11(12(21)22)3-2-8-17-13(15)16/h4-7,11H,2-3,8H2,1H3,(H,18,23)(H,21,22)(H4,15,16,17)/t11-/m1/s1. The zero-order valence-electron chi connectivity index (χ0n) is 13.2. The fourth-order valence-corrected chi connectivity index (χ4v) is 1.69. The van der Waals surface area contributed by atoms with Crippen molar-refractivity contribution < 1.29 is 19.4 Å². The Morgan fingerprint density at radius 2 is 1.96 bits per heavy atom. The third-order valence-electron chi connectivity index (χ3n) is 2.87. The van der Waals surface area contributed by atoms with Gasteiger partial charge < -0.3 is 26.6 Å². The molecule has 0 bridgehead atoms. The van der Waals surface area contributed by atoms with E-state index in [1.807, 2.05) is 0 Å². The Hall–Kier alpha value is -3.17. The van der Waals surface area contributed by atoms with Crippen molar-refractivity contribution in [3.8, 4) is 5.75 Å². The number of hydrogen-bond donors (Lipinski definition) is 4. The number of azo groups is 1. The highest BCUT2D eigenvalue weighted by Crippen LogP contribution is 2.17. The maximum Gasteiger partial charge on any atom is 0.360 e. The number of carboxylic acid groups (broad SMARTS) is 1. The fraction of sp³-hybridized carbons (Fsp3) is 0.357. The lowest BCUT2D eigenvalue weighted by Crippen LogP contribution is -2.39. The normalized spacial score (nSPS) is 11.7. The van der Waals surface area contributed by atoms with Gasteiger partial charge in [0.2, 0.25) is 0 Å². The zero-order chi connectivity index (χ0) is 17.9. The number of carbonyl (C=O) groups excluding carboxylic acids is 1. The number of benzene rings is 1. The molecule has 0 spiro atoms. The van der Waals surface area contributed by atoms with Crippen molar-refractivity contribution in [1.29, 1.82) is 0 Å². The number of hydrogen-bond acceptors (Lipinski definition) is 5. The molecule has 0 unspecified atom stereocenters. The molecule has 1 rings (SSSR count). The molecule has 0 aliphatic carbocycles. The number of ether oxygens (including phenoxy) is 1. The van der Waals surface area contributed by atoms with Crippen LogP contribution < -0.4 is 21.5 Å². The molecule has 0 radical (unpaired) electrons. The first-order valence-corrected chi connectivity index (χ1v) is 7.07. The van der Waals surface area contributed by atoms with Gasteiger partial charge >= 0.3 is 12.0 Å². The number of rotatable bonds is 8. The van der Waals surface area contributed by atoms with Crippen molar-refractivity contribution in [2.24, 2.45) is 26.7 Å². The van der Waals surface area contributed by atoms with Crippen LogP contribution in [0.5, 0.6) is 5.75 Å². The van der Waals surface area contributed by atoms with Crippen LogP contribution in [-0.2, 0) is 4.79 Å². The van der Waals surface area contributed by atoms with Crippen LogP contribution in [0.2, 0.25) is 0 Å². The monoisotopic (exact) mass is 336 g/mol. The largest absolute Gasteiger partial charge is 0.497 e. The summed E-state index contributed by atoms with van der Waals surface area (Å²) in [6.07, 6.45) is 0.556. The summed E-state index contributed by atoms with van der Waals surface area (Å²) >= 11 is 0. The number of aliphatic imine (C=N–C) groups is 1. The average molecular weight is 336 g/mol. The second kappa shape index (κ2) is 9.77. The molecular weight excluding hydrogens is 316 g/mol. The van der Waals surface area contributed by atoms with Crippen LogP contribution in [0.1, 0.15) is 12.8 Å². The van der Waals surface area contributed by atoms with Crippen LogP contribution in [0.25, 0.3) is 0 Å². The Labute approximate surface area is 138 Å². The van der Waals surface area contributed by atoms with Crippen LogP contribution in [0, 0.1) is 0 Å².